The third-order valence-corrected chi connectivity index (χ3v) is 4.84. The molecule has 0 aliphatic heterocycles. The van der Waals surface area contributed by atoms with Crippen LogP contribution in [0.5, 0.6) is 23.0 Å². The van der Waals surface area contributed by atoms with Gasteiger partial charge in [-0.05, 0) is 49.4 Å². The van der Waals surface area contributed by atoms with Crippen molar-refractivity contribution in [3.05, 3.63) is 82.2 Å². The summed E-state index contributed by atoms with van der Waals surface area (Å²) in [6.07, 6.45) is 1.57. The van der Waals surface area contributed by atoms with E-state index in [1.165, 1.54) is 30.3 Å². The maximum Gasteiger partial charge on any atom is 0.276 e. The predicted molar refractivity (Wildman–Crippen MR) is 103 cm³/mol. The Morgan fingerprint density at radius 3 is 2.21 bits per heavy atom. The molecular formula is C20H16FNO5S. The van der Waals surface area contributed by atoms with Crippen LogP contribution < -0.4 is 9.47 Å². The van der Waals surface area contributed by atoms with Gasteiger partial charge in [0.25, 0.3) is 5.69 Å². The van der Waals surface area contributed by atoms with E-state index in [1.54, 1.807) is 43.5 Å². The molecule has 3 aromatic rings. The molecule has 1 atom stereocenters. The van der Waals surface area contributed by atoms with Gasteiger partial charge in [0, 0.05) is 27.5 Å². The third-order valence-electron chi connectivity index (χ3n) is 3.90. The number of hydrogen-bond acceptors (Lipinski definition) is 5. The SMILES string of the molecule is Cc1cc(Oc2ccc(S(C)=O)cc2)c(Oc2ccccc2F)cc1[N+](=O)[O-]. The molecule has 0 spiro atoms. The highest BCUT2D eigenvalue weighted by molar-refractivity contribution is 7.84. The Kier molecular flexibility index (Phi) is 5.70. The van der Waals surface area contributed by atoms with Gasteiger partial charge in [0.2, 0.25) is 0 Å². The van der Waals surface area contributed by atoms with Gasteiger partial charge in [0.15, 0.2) is 23.1 Å². The second-order valence-corrected chi connectivity index (χ2v) is 7.28. The monoisotopic (exact) mass is 401 g/mol. The average molecular weight is 401 g/mol. The molecule has 8 heteroatoms. The number of halogens is 1. The molecule has 0 N–H and O–H groups in total. The molecule has 144 valence electrons. The molecule has 28 heavy (non-hydrogen) atoms. The van der Waals surface area contributed by atoms with Crippen molar-refractivity contribution in [3.8, 4) is 23.0 Å². The van der Waals surface area contributed by atoms with Crippen molar-refractivity contribution < 1.29 is 23.0 Å². The Bertz CT molecular complexity index is 1050. The van der Waals surface area contributed by atoms with Gasteiger partial charge in [-0.3, -0.25) is 14.3 Å². The van der Waals surface area contributed by atoms with Gasteiger partial charge in [-0.15, -0.1) is 0 Å². The number of hydrogen-bond donors (Lipinski definition) is 0. The van der Waals surface area contributed by atoms with Crippen LogP contribution in [0.2, 0.25) is 0 Å². The summed E-state index contributed by atoms with van der Waals surface area (Å²) in [6.45, 7) is 1.57. The highest BCUT2D eigenvalue weighted by Crippen LogP contribution is 2.40. The van der Waals surface area contributed by atoms with Gasteiger partial charge in [0.1, 0.15) is 5.75 Å². The van der Waals surface area contributed by atoms with Crippen LogP contribution in [0.3, 0.4) is 0 Å². The molecule has 1 unspecified atom stereocenters. The van der Waals surface area contributed by atoms with E-state index in [1.807, 2.05) is 0 Å². The summed E-state index contributed by atoms with van der Waals surface area (Å²) in [5.74, 6) is -0.0724. The smallest absolute Gasteiger partial charge is 0.276 e. The summed E-state index contributed by atoms with van der Waals surface area (Å²) in [4.78, 5) is 11.4. The Morgan fingerprint density at radius 2 is 1.61 bits per heavy atom. The molecule has 0 aliphatic carbocycles. The van der Waals surface area contributed by atoms with E-state index >= 15 is 0 Å². The molecule has 6 nitrogen and oxygen atoms in total. The lowest BCUT2D eigenvalue weighted by atomic mass is 10.1. The quantitative estimate of drug-likeness (QED) is 0.410. The molecule has 3 aromatic carbocycles. The molecule has 0 bridgehead atoms. The first-order chi connectivity index (χ1) is 13.3. The molecule has 0 aromatic heterocycles. The van der Waals surface area contributed by atoms with E-state index in [4.69, 9.17) is 9.47 Å². The fourth-order valence-corrected chi connectivity index (χ4v) is 3.00. The minimum atomic E-state index is -1.13. The standard InChI is InChI=1S/C20H16FNO5S/c1-13-11-19(26-14-7-9-15(10-8-14)28(2)25)20(12-17(13)22(23)24)27-18-6-4-3-5-16(18)21/h3-12H,1-2H3. The largest absolute Gasteiger partial charge is 0.453 e. The van der Waals surface area contributed by atoms with Crippen LogP contribution in [0.15, 0.2) is 65.6 Å². The van der Waals surface area contributed by atoms with Crippen LogP contribution in [0, 0.1) is 22.9 Å². The van der Waals surface area contributed by atoms with Gasteiger partial charge in [-0.1, -0.05) is 12.1 Å². The summed E-state index contributed by atoms with van der Waals surface area (Å²) < 4.78 is 36.8. The van der Waals surface area contributed by atoms with E-state index in [2.05, 4.69) is 0 Å². The second-order valence-electron chi connectivity index (χ2n) is 5.90. The number of ether oxygens (including phenoxy) is 2. The van der Waals surface area contributed by atoms with Crippen molar-refractivity contribution in [1.29, 1.82) is 0 Å². The molecule has 0 amide bonds. The van der Waals surface area contributed by atoms with Crippen LogP contribution in [-0.2, 0) is 10.8 Å². The lowest BCUT2D eigenvalue weighted by Gasteiger charge is -2.14. The summed E-state index contributed by atoms with van der Waals surface area (Å²) >= 11 is 0. The molecule has 0 fully saturated rings. The summed E-state index contributed by atoms with van der Waals surface area (Å²) in [7, 11) is -1.13. The van der Waals surface area contributed by atoms with Crippen LogP contribution in [0.25, 0.3) is 0 Å². The Labute approximate surface area is 163 Å². The number of nitro benzene ring substituents is 1. The van der Waals surface area contributed by atoms with Gasteiger partial charge >= 0.3 is 0 Å². The molecule has 0 aliphatic rings. The van der Waals surface area contributed by atoms with Crippen molar-refractivity contribution in [2.45, 2.75) is 11.8 Å². The maximum absolute atomic E-state index is 14.0. The van der Waals surface area contributed by atoms with Crippen molar-refractivity contribution in [1.82, 2.24) is 0 Å². The predicted octanol–water partition coefficient (Wildman–Crippen LogP) is 5.36. The number of rotatable bonds is 6. The van der Waals surface area contributed by atoms with E-state index in [0.29, 0.717) is 16.2 Å². The zero-order valence-corrected chi connectivity index (χ0v) is 15.9. The van der Waals surface area contributed by atoms with Crippen LogP contribution in [0.4, 0.5) is 10.1 Å². The fourth-order valence-electron chi connectivity index (χ4n) is 2.48. The summed E-state index contributed by atoms with van der Waals surface area (Å²) in [5, 5.41) is 11.3. The number of nitrogens with zero attached hydrogens (tertiary/aromatic N) is 1. The Balaban J connectivity index is 2.01. The molecular weight excluding hydrogens is 385 g/mol. The van der Waals surface area contributed by atoms with Gasteiger partial charge in [0.05, 0.1) is 11.0 Å². The van der Waals surface area contributed by atoms with Crippen molar-refractivity contribution >= 4 is 16.5 Å². The molecule has 0 saturated heterocycles. The normalized spacial score (nSPS) is 11.7. The third kappa shape index (κ3) is 4.34. The molecule has 3 rings (SSSR count). The van der Waals surface area contributed by atoms with Crippen LogP contribution >= 0.6 is 0 Å². The van der Waals surface area contributed by atoms with Crippen molar-refractivity contribution in [2.75, 3.05) is 6.26 Å². The highest BCUT2D eigenvalue weighted by Gasteiger charge is 2.19. The molecule has 0 radical (unpaired) electrons. The Morgan fingerprint density at radius 1 is 0.964 bits per heavy atom. The van der Waals surface area contributed by atoms with Crippen molar-refractivity contribution in [3.63, 3.8) is 0 Å². The van der Waals surface area contributed by atoms with Gasteiger partial charge < -0.3 is 9.47 Å². The average Bonchev–Trinajstić information content (AvgIpc) is 2.65. The van der Waals surface area contributed by atoms with E-state index < -0.39 is 21.5 Å². The Hall–Kier alpha value is -3.26. The lowest BCUT2D eigenvalue weighted by Crippen LogP contribution is -1.97. The number of para-hydroxylation sites is 1. The zero-order valence-electron chi connectivity index (χ0n) is 15.0. The van der Waals surface area contributed by atoms with Crippen molar-refractivity contribution in [2.24, 2.45) is 0 Å². The van der Waals surface area contributed by atoms with Crippen LogP contribution in [-0.4, -0.2) is 15.4 Å². The first kappa shape index (κ1) is 19.5. The first-order valence-electron chi connectivity index (χ1n) is 8.18. The highest BCUT2D eigenvalue weighted by atomic mass is 32.2. The summed E-state index contributed by atoms with van der Waals surface area (Å²) in [5.41, 5.74) is 0.197. The zero-order chi connectivity index (χ0) is 20.3. The number of aryl methyl sites for hydroxylation is 1. The first-order valence-corrected chi connectivity index (χ1v) is 9.73. The second kappa shape index (κ2) is 8.18. The molecule has 0 saturated carbocycles. The van der Waals surface area contributed by atoms with E-state index in [-0.39, 0.29) is 22.9 Å². The van der Waals surface area contributed by atoms with Crippen LogP contribution in [0.1, 0.15) is 5.56 Å². The minimum Gasteiger partial charge on any atom is -0.453 e. The number of benzene rings is 3. The lowest BCUT2D eigenvalue weighted by molar-refractivity contribution is -0.385. The van der Waals surface area contributed by atoms with E-state index in [0.717, 1.165) is 0 Å². The number of nitro groups is 1. The molecule has 0 heterocycles. The summed E-state index contributed by atoms with van der Waals surface area (Å²) in [6, 6.07) is 15.0. The van der Waals surface area contributed by atoms with Gasteiger partial charge in [-0.2, -0.15) is 0 Å². The minimum absolute atomic E-state index is 0.00513. The topological polar surface area (TPSA) is 78.7 Å². The fraction of sp³-hybridized carbons (Fsp3) is 0.100. The maximum atomic E-state index is 14.0. The van der Waals surface area contributed by atoms with E-state index in [9.17, 15) is 18.7 Å². The van der Waals surface area contributed by atoms with Gasteiger partial charge in [-0.25, -0.2) is 4.39 Å².